The van der Waals surface area contributed by atoms with E-state index in [0.717, 1.165) is 6.07 Å². The van der Waals surface area contributed by atoms with E-state index in [2.05, 4.69) is 15.0 Å². The minimum Gasteiger partial charge on any atom is -0.460 e. The molecule has 160 valence electrons. The van der Waals surface area contributed by atoms with Gasteiger partial charge in [-0.3, -0.25) is 4.79 Å². The number of aromatic nitrogens is 4. The zero-order valence-corrected chi connectivity index (χ0v) is 16.3. The fourth-order valence-corrected chi connectivity index (χ4v) is 3.68. The SMILES string of the molecule is Nc1nc(F)nc2c1ncn2CCc1oc2cccc(F)c2c(=O)c1-c1cccc(F)c1. The largest absolute Gasteiger partial charge is 0.460 e. The third-order valence-corrected chi connectivity index (χ3v) is 5.10. The maximum Gasteiger partial charge on any atom is 0.312 e. The molecule has 0 aliphatic rings. The lowest BCUT2D eigenvalue weighted by molar-refractivity contribution is 0.511. The van der Waals surface area contributed by atoms with Gasteiger partial charge in [-0.15, -0.1) is 0 Å². The molecule has 5 aromatic rings. The number of nitrogens with zero attached hydrogens (tertiary/aromatic N) is 4. The van der Waals surface area contributed by atoms with Crippen LogP contribution in [0.3, 0.4) is 0 Å². The second kappa shape index (κ2) is 7.49. The Hall–Kier alpha value is -4.21. The first-order valence-corrected chi connectivity index (χ1v) is 9.56. The molecule has 0 atom stereocenters. The number of anilines is 1. The Morgan fingerprint density at radius 1 is 1.06 bits per heavy atom. The predicted molar refractivity (Wildman–Crippen MR) is 111 cm³/mol. The number of halogens is 3. The number of aryl methyl sites for hydroxylation is 2. The van der Waals surface area contributed by atoms with Crippen LogP contribution in [-0.2, 0) is 13.0 Å². The fraction of sp³-hybridized carbons (Fsp3) is 0.0909. The molecule has 0 unspecified atom stereocenters. The summed E-state index contributed by atoms with van der Waals surface area (Å²) in [5, 5.41) is -0.217. The number of imidazole rings is 1. The Kier molecular flexibility index (Phi) is 4.62. The molecule has 0 aliphatic carbocycles. The molecule has 10 heteroatoms. The van der Waals surface area contributed by atoms with Crippen molar-refractivity contribution in [1.29, 1.82) is 0 Å². The number of nitrogens with two attached hydrogens (primary N) is 1. The lowest BCUT2D eigenvalue weighted by atomic mass is 10.0. The van der Waals surface area contributed by atoms with Gasteiger partial charge in [0.2, 0.25) is 5.43 Å². The van der Waals surface area contributed by atoms with Crippen molar-refractivity contribution in [1.82, 2.24) is 19.5 Å². The molecule has 2 aromatic carbocycles. The van der Waals surface area contributed by atoms with Gasteiger partial charge < -0.3 is 14.7 Å². The molecule has 0 bridgehead atoms. The third kappa shape index (κ3) is 3.25. The molecule has 5 rings (SSSR count). The van der Waals surface area contributed by atoms with E-state index in [0.29, 0.717) is 0 Å². The highest BCUT2D eigenvalue weighted by atomic mass is 19.1. The molecule has 2 N–H and O–H groups in total. The van der Waals surface area contributed by atoms with Crippen LogP contribution < -0.4 is 11.2 Å². The van der Waals surface area contributed by atoms with Crippen LogP contribution in [0.1, 0.15) is 5.76 Å². The van der Waals surface area contributed by atoms with Gasteiger partial charge in [0, 0.05) is 13.0 Å². The maximum atomic E-state index is 14.4. The molecule has 0 fully saturated rings. The van der Waals surface area contributed by atoms with Crippen molar-refractivity contribution < 1.29 is 17.6 Å². The second-order valence-corrected chi connectivity index (χ2v) is 7.09. The van der Waals surface area contributed by atoms with Crippen LogP contribution in [0.4, 0.5) is 19.0 Å². The van der Waals surface area contributed by atoms with Gasteiger partial charge in [0.05, 0.1) is 11.9 Å². The molecule has 3 aromatic heterocycles. The molecule has 0 aliphatic heterocycles. The van der Waals surface area contributed by atoms with E-state index < -0.39 is 23.1 Å². The third-order valence-electron chi connectivity index (χ3n) is 5.10. The Labute approximate surface area is 178 Å². The molecular weight excluding hydrogens is 423 g/mol. The lowest BCUT2D eigenvalue weighted by Crippen LogP contribution is -2.12. The van der Waals surface area contributed by atoms with Gasteiger partial charge in [0.25, 0.3) is 0 Å². The van der Waals surface area contributed by atoms with Gasteiger partial charge in [-0.2, -0.15) is 14.4 Å². The van der Waals surface area contributed by atoms with Crippen molar-refractivity contribution >= 4 is 28.0 Å². The molecule has 0 saturated carbocycles. The summed E-state index contributed by atoms with van der Waals surface area (Å²) in [6, 6.07) is 9.48. The van der Waals surface area contributed by atoms with Crippen molar-refractivity contribution in [2.45, 2.75) is 13.0 Å². The zero-order valence-electron chi connectivity index (χ0n) is 16.3. The molecule has 0 radical (unpaired) electrons. The average molecular weight is 437 g/mol. The van der Waals surface area contributed by atoms with Crippen molar-refractivity contribution in [3.63, 3.8) is 0 Å². The van der Waals surface area contributed by atoms with Gasteiger partial charge in [-0.1, -0.05) is 18.2 Å². The highest BCUT2D eigenvalue weighted by Gasteiger charge is 2.20. The van der Waals surface area contributed by atoms with Crippen molar-refractivity contribution in [3.8, 4) is 11.1 Å². The van der Waals surface area contributed by atoms with Crippen molar-refractivity contribution in [2.24, 2.45) is 0 Å². The van der Waals surface area contributed by atoms with Crippen LogP contribution in [0.5, 0.6) is 0 Å². The Balaban J connectivity index is 1.65. The van der Waals surface area contributed by atoms with E-state index in [4.69, 9.17) is 10.2 Å². The normalized spacial score (nSPS) is 11.5. The standard InChI is InChI=1S/C22H14F3N5O2/c23-12-4-1-3-11(9-12)16-15(32-14-6-2-5-13(24)17(14)19(16)31)7-8-30-10-27-18-20(26)28-22(25)29-21(18)30/h1-6,9-10H,7-8H2,(H2,26,28,29). The first-order chi connectivity index (χ1) is 15.4. The number of fused-ring (bicyclic) bond motifs is 2. The molecule has 3 heterocycles. The van der Waals surface area contributed by atoms with Gasteiger partial charge in [0.15, 0.2) is 11.5 Å². The van der Waals surface area contributed by atoms with Crippen LogP contribution in [0.25, 0.3) is 33.3 Å². The average Bonchev–Trinajstić information content (AvgIpc) is 3.15. The molecule has 0 spiro atoms. The van der Waals surface area contributed by atoms with E-state index in [1.165, 1.54) is 41.2 Å². The van der Waals surface area contributed by atoms with E-state index in [1.54, 1.807) is 6.07 Å². The Morgan fingerprint density at radius 3 is 2.69 bits per heavy atom. The molecular formula is C22H14F3N5O2. The first-order valence-electron chi connectivity index (χ1n) is 9.56. The highest BCUT2D eigenvalue weighted by molar-refractivity contribution is 5.83. The topological polar surface area (TPSA) is 99.8 Å². The smallest absolute Gasteiger partial charge is 0.312 e. The molecule has 7 nitrogen and oxygen atoms in total. The van der Waals surface area contributed by atoms with Gasteiger partial charge in [-0.25, -0.2) is 13.8 Å². The van der Waals surface area contributed by atoms with Crippen LogP contribution in [0.2, 0.25) is 0 Å². The number of hydrogen-bond donors (Lipinski definition) is 1. The van der Waals surface area contributed by atoms with Crippen LogP contribution in [-0.4, -0.2) is 19.5 Å². The second-order valence-electron chi connectivity index (χ2n) is 7.09. The molecule has 0 amide bonds. The molecule has 0 saturated heterocycles. The summed E-state index contributed by atoms with van der Waals surface area (Å²) in [6.45, 7) is 0.179. The summed E-state index contributed by atoms with van der Waals surface area (Å²) in [6.07, 6.45) is 0.547. The van der Waals surface area contributed by atoms with Gasteiger partial charge in [0.1, 0.15) is 33.9 Å². The van der Waals surface area contributed by atoms with E-state index >= 15 is 0 Å². The fourth-order valence-electron chi connectivity index (χ4n) is 3.68. The summed E-state index contributed by atoms with van der Waals surface area (Å²) in [4.78, 5) is 24.5. The van der Waals surface area contributed by atoms with Gasteiger partial charge in [-0.05, 0) is 29.8 Å². The summed E-state index contributed by atoms with van der Waals surface area (Å²) in [5.41, 5.74) is 5.86. The minimum atomic E-state index is -0.995. The monoisotopic (exact) mass is 437 g/mol. The quantitative estimate of drug-likeness (QED) is 0.429. The Bertz CT molecular complexity index is 1560. The number of benzene rings is 2. The number of rotatable bonds is 4. The van der Waals surface area contributed by atoms with Gasteiger partial charge >= 0.3 is 6.08 Å². The highest BCUT2D eigenvalue weighted by Crippen LogP contribution is 2.27. The van der Waals surface area contributed by atoms with Crippen LogP contribution in [0, 0.1) is 17.7 Å². The Morgan fingerprint density at radius 2 is 1.88 bits per heavy atom. The minimum absolute atomic E-state index is 0.0480. The van der Waals surface area contributed by atoms with Crippen molar-refractivity contribution in [2.75, 3.05) is 5.73 Å². The molecule has 32 heavy (non-hydrogen) atoms. The van der Waals surface area contributed by atoms with E-state index in [-0.39, 0.29) is 57.8 Å². The summed E-state index contributed by atoms with van der Waals surface area (Å²) >= 11 is 0. The van der Waals surface area contributed by atoms with Crippen molar-refractivity contribution in [3.05, 3.63) is 82.5 Å². The lowest BCUT2D eigenvalue weighted by Gasteiger charge is -2.11. The van der Waals surface area contributed by atoms with E-state index in [1.807, 2.05) is 0 Å². The van der Waals surface area contributed by atoms with Crippen LogP contribution >= 0.6 is 0 Å². The predicted octanol–water partition coefficient (Wildman–Crippen LogP) is 3.84. The summed E-state index contributed by atoms with van der Waals surface area (Å²) in [7, 11) is 0. The number of nitrogen functional groups attached to an aromatic ring is 1. The summed E-state index contributed by atoms with van der Waals surface area (Å²) < 4.78 is 49.3. The van der Waals surface area contributed by atoms with E-state index in [9.17, 15) is 18.0 Å². The van der Waals surface area contributed by atoms with Crippen LogP contribution in [0.15, 0.2) is 58.0 Å². The zero-order chi connectivity index (χ0) is 22.4. The maximum absolute atomic E-state index is 14.4. The first kappa shape index (κ1) is 19.7. The summed E-state index contributed by atoms with van der Waals surface area (Å²) in [5.74, 6) is -1.17. The number of hydrogen-bond acceptors (Lipinski definition) is 6.